The van der Waals surface area contributed by atoms with Gasteiger partial charge in [-0.2, -0.15) is 0 Å². The van der Waals surface area contributed by atoms with Crippen molar-refractivity contribution in [2.75, 3.05) is 32.1 Å². The highest BCUT2D eigenvalue weighted by Gasteiger charge is 2.30. The molecule has 156 valence electrons. The minimum absolute atomic E-state index is 0.00274. The summed E-state index contributed by atoms with van der Waals surface area (Å²) in [5.41, 5.74) is 1.25. The fourth-order valence-electron chi connectivity index (χ4n) is 3.62. The number of aromatic nitrogens is 1. The number of carbonyl (C=O) groups excluding carboxylic acids is 3. The molecule has 1 fully saturated rings. The number of aromatic amines is 1. The Hall–Kier alpha value is -2.87. The van der Waals surface area contributed by atoms with E-state index >= 15 is 0 Å². The van der Waals surface area contributed by atoms with E-state index in [1.54, 1.807) is 32.2 Å². The van der Waals surface area contributed by atoms with E-state index in [1.807, 2.05) is 18.7 Å². The molecule has 2 heterocycles. The highest BCUT2D eigenvalue weighted by atomic mass is 16.5. The average molecular weight is 401 g/mol. The van der Waals surface area contributed by atoms with Crippen LogP contribution in [0.5, 0.6) is 5.75 Å². The van der Waals surface area contributed by atoms with Crippen LogP contribution in [0.2, 0.25) is 0 Å². The zero-order chi connectivity index (χ0) is 21.1. The fraction of sp³-hybridized carbons (Fsp3) is 0.476. The molecular weight excluding hydrogens is 374 g/mol. The molecule has 1 saturated heterocycles. The Labute approximate surface area is 169 Å². The molecule has 2 N–H and O–H groups in total. The Morgan fingerprint density at radius 2 is 2.07 bits per heavy atom. The molecule has 1 aromatic carbocycles. The second-order valence-electron chi connectivity index (χ2n) is 7.41. The van der Waals surface area contributed by atoms with Crippen molar-refractivity contribution < 1.29 is 23.9 Å². The number of amides is 1. The van der Waals surface area contributed by atoms with Gasteiger partial charge in [0.15, 0.2) is 0 Å². The summed E-state index contributed by atoms with van der Waals surface area (Å²) in [5, 5.41) is 3.53. The summed E-state index contributed by atoms with van der Waals surface area (Å²) in [5.74, 6) is -0.0514. The van der Waals surface area contributed by atoms with Gasteiger partial charge in [0.1, 0.15) is 17.2 Å². The molecule has 1 amide bonds. The van der Waals surface area contributed by atoms with E-state index in [0.29, 0.717) is 35.3 Å². The Bertz CT molecular complexity index is 936. The molecule has 0 aliphatic carbocycles. The third-order valence-corrected chi connectivity index (χ3v) is 5.27. The number of fused-ring (bicyclic) bond motifs is 1. The average Bonchev–Trinajstić information content (AvgIpc) is 3.04. The molecule has 1 aliphatic rings. The minimum atomic E-state index is -0.538. The third-order valence-electron chi connectivity index (χ3n) is 5.27. The van der Waals surface area contributed by atoms with E-state index in [0.717, 1.165) is 0 Å². The summed E-state index contributed by atoms with van der Waals surface area (Å²) in [4.78, 5) is 42.1. The van der Waals surface area contributed by atoms with E-state index in [9.17, 15) is 14.4 Å². The topological polar surface area (TPSA) is 101 Å². The number of piperidine rings is 1. The summed E-state index contributed by atoms with van der Waals surface area (Å²) >= 11 is 0. The van der Waals surface area contributed by atoms with Gasteiger partial charge < -0.3 is 19.8 Å². The number of Topliss-reactive ketones (excluding diaryl/α,β-unsaturated/α-hetero) is 1. The van der Waals surface area contributed by atoms with Gasteiger partial charge in [0.05, 0.1) is 25.9 Å². The van der Waals surface area contributed by atoms with Crippen LogP contribution in [0.15, 0.2) is 18.2 Å². The molecule has 1 aromatic heterocycles. The standard InChI is InChI=1S/C21H27N3O5/c1-5-29-21(27)20-19(15-9-14(28-4)6-7-16(15)22-20)23-18(26)11-24-10-12(2)17(25)8-13(24)3/h6-7,9,12-13,22H,5,8,10-11H2,1-4H3,(H,23,26)/t12-,13+/m1/s1. The maximum absolute atomic E-state index is 12.8. The number of rotatable bonds is 6. The van der Waals surface area contributed by atoms with Gasteiger partial charge in [0, 0.05) is 35.8 Å². The minimum Gasteiger partial charge on any atom is -0.497 e. The molecule has 0 radical (unpaired) electrons. The molecular formula is C21H27N3O5. The monoisotopic (exact) mass is 401 g/mol. The first-order chi connectivity index (χ1) is 13.8. The van der Waals surface area contributed by atoms with E-state index in [1.165, 1.54) is 0 Å². The Morgan fingerprint density at radius 3 is 2.76 bits per heavy atom. The number of esters is 1. The summed E-state index contributed by atoms with van der Waals surface area (Å²) in [6.07, 6.45) is 0.437. The predicted octanol–water partition coefficient (Wildman–Crippen LogP) is 2.59. The summed E-state index contributed by atoms with van der Waals surface area (Å²) in [7, 11) is 1.55. The number of benzene rings is 1. The lowest BCUT2D eigenvalue weighted by Gasteiger charge is -2.35. The molecule has 8 heteroatoms. The van der Waals surface area contributed by atoms with Gasteiger partial charge in [0.2, 0.25) is 5.91 Å². The number of nitrogens with zero attached hydrogens (tertiary/aromatic N) is 1. The van der Waals surface area contributed by atoms with Gasteiger partial charge in [-0.05, 0) is 32.0 Å². The number of ketones is 1. The number of ether oxygens (including phenoxy) is 2. The largest absolute Gasteiger partial charge is 0.497 e. The number of carbonyl (C=O) groups is 3. The molecule has 1 aliphatic heterocycles. The number of nitrogens with one attached hydrogen (secondary N) is 2. The van der Waals surface area contributed by atoms with Gasteiger partial charge in [-0.25, -0.2) is 4.79 Å². The molecule has 2 aromatic rings. The smallest absolute Gasteiger partial charge is 0.356 e. The van der Waals surface area contributed by atoms with Crippen LogP contribution in [-0.4, -0.2) is 60.4 Å². The van der Waals surface area contributed by atoms with Crippen molar-refractivity contribution in [3.8, 4) is 5.75 Å². The zero-order valence-electron chi connectivity index (χ0n) is 17.2. The first-order valence-corrected chi connectivity index (χ1v) is 9.77. The zero-order valence-corrected chi connectivity index (χ0v) is 17.2. The second-order valence-corrected chi connectivity index (χ2v) is 7.41. The van der Waals surface area contributed by atoms with Crippen molar-refractivity contribution in [2.45, 2.75) is 33.2 Å². The van der Waals surface area contributed by atoms with Crippen LogP contribution in [0.25, 0.3) is 10.9 Å². The van der Waals surface area contributed by atoms with Crippen LogP contribution in [0.1, 0.15) is 37.7 Å². The van der Waals surface area contributed by atoms with E-state index in [2.05, 4.69) is 10.3 Å². The Kier molecular flexibility index (Phi) is 6.22. The van der Waals surface area contributed by atoms with Crippen LogP contribution < -0.4 is 10.1 Å². The van der Waals surface area contributed by atoms with Crippen molar-refractivity contribution >= 4 is 34.3 Å². The van der Waals surface area contributed by atoms with Gasteiger partial charge in [0.25, 0.3) is 0 Å². The highest BCUT2D eigenvalue weighted by Crippen LogP contribution is 2.31. The maximum atomic E-state index is 12.8. The van der Waals surface area contributed by atoms with Gasteiger partial charge in [-0.3, -0.25) is 14.5 Å². The van der Waals surface area contributed by atoms with Gasteiger partial charge in [-0.15, -0.1) is 0 Å². The number of hydrogen-bond acceptors (Lipinski definition) is 6. The number of anilines is 1. The Balaban J connectivity index is 1.87. The van der Waals surface area contributed by atoms with Crippen molar-refractivity contribution in [1.82, 2.24) is 9.88 Å². The first kappa shape index (κ1) is 20.9. The molecule has 0 saturated carbocycles. The van der Waals surface area contributed by atoms with Crippen LogP contribution in [0.4, 0.5) is 5.69 Å². The lowest BCUT2D eigenvalue weighted by atomic mass is 9.93. The molecule has 0 unspecified atom stereocenters. The normalized spacial score (nSPS) is 19.9. The fourth-order valence-corrected chi connectivity index (χ4v) is 3.62. The number of hydrogen-bond donors (Lipinski definition) is 2. The molecule has 2 atom stereocenters. The van der Waals surface area contributed by atoms with E-state index in [4.69, 9.17) is 9.47 Å². The first-order valence-electron chi connectivity index (χ1n) is 9.77. The van der Waals surface area contributed by atoms with Crippen molar-refractivity contribution in [3.63, 3.8) is 0 Å². The quantitative estimate of drug-likeness (QED) is 0.722. The summed E-state index contributed by atoms with van der Waals surface area (Å²) in [6, 6.07) is 5.31. The van der Waals surface area contributed by atoms with Gasteiger partial charge >= 0.3 is 5.97 Å². The summed E-state index contributed by atoms with van der Waals surface area (Å²) in [6.45, 7) is 6.45. The Morgan fingerprint density at radius 1 is 1.31 bits per heavy atom. The SMILES string of the molecule is CCOC(=O)c1[nH]c2ccc(OC)cc2c1NC(=O)CN1C[C@@H](C)C(=O)C[C@@H]1C. The van der Waals surface area contributed by atoms with Crippen LogP contribution >= 0.6 is 0 Å². The third kappa shape index (κ3) is 4.42. The van der Waals surface area contributed by atoms with Crippen molar-refractivity contribution in [3.05, 3.63) is 23.9 Å². The van der Waals surface area contributed by atoms with Crippen LogP contribution in [-0.2, 0) is 14.3 Å². The second kappa shape index (κ2) is 8.65. The van der Waals surface area contributed by atoms with Crippen molar-refractivity contribution in [2.24, 2.45) is 5.92 Å². The molecule has 0 bridgehead atoms. The van der Waals surface area contributed by atoms with Gasteiger partial charge in [-0.1, -0.05) is 6.92 Å². The lowest BCUT2D eigenvalue weighted by Crippen LogP contribution is -2.48. The van der Waals surface area contributed by atoms with E-state index < -0.39 is 5.97 Å². The maximum Gasteiger partial charge on any atom is 0.356 e. The number of H-pyrrole nitrogens is 1. The van der Waals surface area contributed by atoms with Crippen molar-refractivity contribution in [1.29, 1.82) is 0 Å². The van der Waals surface area contributed by atoms with E-state index in [-0.39, 0.29) is 42.5 Å². The highest BCUT2D eigenvalue weighted by molar-refractivity contribution is 6.11. The molecule has 3 rings (SSSR count). The van der Waals surface area contributed by atoms with Crippen LogP contribution in [0.3, 0.4) is 0 Å². The molecule has 29 heavy (non-hydrogen) atoms. The van der Waals surface area contributed by atoms with Crippen LogP contribution in [0, 0.1) is 5.92 Å². The molecule has 0 spiro atoms. The predicted molar refractivity (Wildman–Crippen MR) is 109 cm³/mol. The lowest BCUT2D eigenvalue weighted by molar-refractivity contribution is -0.129. The molecule has 8 nitrogen and oxygen atoms in total. The number of likely N-dealkylation sites (tertiary alicyclic amines) is 1. The summed E-state index contributed by atoms with van der Waals surface area (Å²) < 4.78 is 10.4. The number of methoxy groups -OCH3 is 1.